The van der Waals surface area contributed by atoms with Gasteiger partial charge in [-0.15, -0.1) is 13.2 Å². The van der Waals surface area contributed by atoms with Crippen molar-refractivity contribution in [3.63, 3.8) is 0 Å². The Morgan fingerprint density at radius 1 is 0.792 bits per heavy atom. The van der Waals surface area contributed by atoms with Crippen LogP contribution in [0.15, 0.2) is 25.3 Å². The zero-order valence-corrected chi connectivity index (χ0v) is 12.6. The second-order valence-electron chi connectivity index (χ2n) is 4.79. The summed E-state index contributed by atoms with van der Waals surface area (Å²) in [6.07, 6.45) is 0.233. The molecule has 0 aromatic carbocycles. The first kappa shape index (κ1) is 19.9. The van der Waals surface area contributed by atoms with E-state index in [0.29, 0.717) is 0 Å². The van der Waals surface area contributed by atoms with Gasteiger partial charge in [0, 0.05) is 12.8 Å². The van der Waals surface area contributed by atoms with E-state index in [4.69, 9.17) is 0 Å². The molecule has 2 saturated heterocycles. The van der Waals surface area contributed by atoms with Gasteiger partial charge < -0.3 is 18.6 Å². The molecule has 2 fully saturated rings. The monoisotopic (exact) mass is 338 g/mol. The van der Waals surface area contributed by atoms with Gasteiger partial charge in [0.05, 0.1) is 0 Å². The van der Waals surface area contributed by atoms with Gasteiger partial charge in [-0.1, -0.05) is 12.2 Å². The van der Waals surface area contributed by atoms with Gasteiger partial charge >= 0.3 is 49.7 Å². The Balaban J connectivity index is 0.00000288. The van der Waals surface area contributed by atoms with E-state index in [1.807, 2.05) is 0 Å². The number of hydrogen-bond donors (Lipinski definition) is 0. The van der Waals surface area contributed by atoms with Gasteiger partial charge in [-0.05, 0) is 0 Å². The molecular formula is C12H10BF2LiO8. The van der Waals surface area contributed by atoms with E-state index in [0.717, 1.165) is 12.2 Å². The molecule has 2 aliphatic heterocycles. The van der Waals surface area contributed by atoms with Crippen molar-refractivity contribution in [3.05, 3.63) is 25.3 Å². The van der Waals surface area contributed by atoms with Crippen molar-refractivity contribution >= 4 is 30.8 Å². The van der Waals surface area contributed by atoms with Crippen molar-refractivity contribution in [1.29, 1.82) is 0 Å². The van der Waals surface area contributed by atoms with Crippen LogP contribution in [0.1, 0.15) is 12.8 Å². The maximum absolute atomic E-state index is 14.2. The molecule has 0 amide bonds. The molecule has 0 unspecified atom stereocenters. The van der Waals surface area contributed by atoms with E-state index in [9.17, 15) is 28.0 Å². The second kappa shape index (κ2) is 6.41. The van der Waals surface area contributed by atoms with Crippen molar-refractivity contribution < 1.29 is 65.4 Å². The quantitative estimate of drug-likeness (QED) is 0.307. The zero-order valence-electron chi connectivity index (χ0n) is 12.6. The molecule has 0 radical (unpaired) electrons. The predicted octanol–water partition coefficient (Wildman–Crippen LogP) is -2.81. The first-order chi connectivity index (χ1) is 10.6. The maximum atomic E-state index is 14.2. The fourth-order valence-corrected chi connectivity index (χ4v) is 1.94. The molecular weight excluding hydrogens is 328 g/mol. The standard InChI is InChI=1S/C12H10BF2O8.Li/c1-3-5-11(14)7(16)20-13(21-8(11)17)22-9(18)12(15,6-4-2)10(19)23-13;/h3-4H,1-2,5-6H2;/q-1;+1. The van der Waals surface area contributed by atoms with Gasteiger partial charge in [0.1, 0.15) is 0 Å². The number of carbonyl (C=O) groups excluding carboxylic acids is 4. The van der Waals surface area contributed by atoms with Crippen molar-refractivity contribution in [1.82, 2.24) is 0 Å². The molecule has 0 atom stereocenters. The summed E-state index contributed by atoms with van der Waals surface area (Å²) in [4.78, 5) is 46.7. The zero-order chi connectivity index (χ0) is 17.5. The molecule has 124 valence electrons. The van der Waals surface area contributed by atoms with E-state index in [1.165, 1.54) is 0 Å². The molecule has 0 saturated carbocycles. The van der Waals surface area contributed by atoms with E-state index in [-0.39, 0.29) is 18.9 Å². The molecule has 0 N–H and O–H groups in total. The minimum atomic E-state index is -4.06. The Bertz CT molecular complexity index is 543. The van der Waals surface area contributed by atoms with Crippen molar-refractivity contribution in [2.75, 3.05) is 0 Å². The summed E-state index contributed by atoms with van der Waals surface area (Å²) in [7, 11) is 0. The van der Waals surface area contributed by atoms with Gasteiger partial charge in [-0.3, -0.25) is 19.2 Å². The number of rotatable bonds is 4. The third-order valence-corrected chi connectivity index (χ3v) is 3.15. The predicted molar refractivity (Wildman–Crippen MR) is 67.4 cm³/mol. The number of carbonyl (C=O) groups is 4. The van der Waals surface area contributed by atoms with Crippen LogP contribution in [0.25, 0.3) is 0 Å². The molecule has 12 heteroatoms. The third-order valence-electron chi connectivity index (χ3n) is 3.15. The summed E-state index contributed by atoms with van der Waals surface area (Å²) in [6.45, 7) is 2.25. The Hall–Kier alpha value is -2.12. The van der Waals surface area contributed by atoms with Gasteiger partial charge in [0.15, 0.2) is 0 Å². The molecule has 24 heavy (non-hydrogen) atoms. The van der Waals surface area contributed by atoms with Crippen molar-refractivity contribution in [2.24, 2.45) is 0 Å². The Labute approximate surface area is 146 Å². The van der Waals surface area contributed by atoms with Crippen LogP contribution >= 0.6 is 0 Å². The maximum Gasteiger partial charge on any atom is 1.00 e. The summed E-state index contributed by atoms with van der Waals surface area (Å²) in [5.41, 5.74) is -6.47. The van der Waals surface area contributed by atoms with Crippen molar-refractivity contribution in [2.45, 2.75) is 24.2 Å². The Morgan fingerprint density at radius 3 is 1.25 bits per heavy atom. The van der Waals surface area contributed by atoms with Crippen LogP contribution < -0.4 is 18.9 Å². The average molecular weight is 338 g/mol. The summed E-state index contributed by atoms with van der Waals surface area (Å²) in [6, 6.07) is 0. The van der Waals surface area contributed by atoms with E-state index in [2.05, 4.69) is 31.8 Å². The van der Waals surface area contributed by atoms with Crippen LogP contribution in [0.5, 0.6) is 0 Å². The Kier molecular flexibility index (Phi) is 5.32. The number of halogens is 2. The topological polar surface area (TPSA) is 105 Å². The first-order valence-electron chi connectivity index (χ1n) is 6.29. The molecule has 2 heterocycles. The number of alkyl halides is 2. The third kappa shape index (κ3) is 2.85. The van der Waals surface area contributed by atoms with Gasteiger partial charge in [-0.2, -0.15) is 0 Å². The first-order valence-corrected chi connectivity index (χ1v) is 6.29. The minimum Gasteiger partial charge on any atom is -0.582 e. The van der Waals surface area contributed by atoms with Gasteiger partial charge in [-0.25, -0.2) is 8.78 Å². The normalized spacial score (nSPS) is 35.1. The summed E-state index contributed by atoms with van der Waals surface area (Å²) in [5, 5.41) is 0. The molecule has 2 aliphatic rings. The SMILES string of the molecule is C=CCC1(F)C(=O)O[B-]2(OC1=O)OC(=O)C(F)(CC=C)C(=O)O2.[Li+]. The minimum absolute atomic E-state index is 0. The fourth-order valence-electron chi connectivity index (χ4n) is 1.94. The van der Waals surface area contributed by atoms with Crippen LogP contribution in [-0.4, -0.2) is 42.2 Å². The number of allylic oxidation sites excluding steroid dienone is 2. The van der Waals surface area contributed by atoms with Crippen LogP contribution in [0.4, 0.5) is 8.78 Å². The van der Waals surface area contributed by atoms with Crippen LogP contribution in [0, 0.1) is 0 Å². The average Bonchev–Trinajstić information content (AvgIpc) is 2.44. The molecule has 0 aliphatic carbocycles. The fraction of sp³-hybridized carbons (Fsp3) is 0.333. The number of hydrogen-bond acceptors (Lipinski definition) is 8. The largest absolute Gasteiger partial charge is 1.00 e. The van der Waals surface area contributed by atoms with Crippen LogP contribution in [0.2, 0.25) is 0 Å². The molecule has 0 aromatic rings. The molecule has 0 bridgehead atoms. The Morgan fingerprint density at radius 2 is 1.04 bits per heavy atom. The molecule has 8 nitrogen and oxygen atoms in total. The van der Waals surface area contributed by atoms with Crippen LogP contribution in [-0.2, 0) is 37.8 Å². The van der Waals surface area contributed by atoms with Gasteiger partial charge in [0.2, 0.25) is 0 Å². The summed E-state index contributed by atoms with van der Waals surface area (Å²) >= 11 is 0. The summed E-state index contributed by atoms with van der Waals surface area (Å²) < 4.78 is 45.8. The molecule has 1 spiro atoms. The van der Waals surface area contributed by atoms with Crippen molar-refractivity contribution in [3.8, 4) is 0 Å². The molecule has 0 aromatic heterocycles. The second-order valence-corrected chi connectivity index (χ2v) is 4.79. The van der Waals surface area contributed by atoms with E-state index in [1.54, 1.807) is 0 Å². The molecule has 2 rings (SSSR count). The van der Waals surface area contributed by atoms with E-state index >= 15 is 0 Å². The van der Waals surface area contributed by atoms with Gasteiger partial charge in [0.25, 0.3) is 11.3 Å². The van der Waals surface area contributed by atoms with Crippen LogP contribution in [0.3, 0.4) is 0 Å². The van der Waals surface area contributed by atoms with E-state index < -0.39 is 55.0 Å². The summed E-state index contributed by atoms with van der Waals surface area (Å²) in [5.74, 6) is -7.26. The smallest absolute Gasteiger partial charge is 0.582 e.